The molecule has 2 nitrogen and oxygen atoms in total. The number of carbonyl (C=O) groups is 2. The Morgan fingerprint density at radius 3 is 1.88 bits per heavy atom. The van der Waals surface area contributed by atoms with Gasteiger partial charge in [-0.05, 0) is 61.7 Å². The zero-order valence-corrected chi connectivity index (χ0v) is 13.6. The molecule has 4 fully saturated rings. The molecular weight excluding hydrogens is 310 g/mol. The molecule has 5 rings (SSSR count). The highest BCUT2D eigenvalue weighted by molar-refractivity contribution is 6.12. The Kier molecular flexibility index (Phi) is 3.81. The molecule has 4 aliphatic rings. The van der Waals surface area contributed by atoms with E-state index in [1.807, 2.05) is 0 Å². The Morgan fingerprint density at radius 2 is 1.42 bits per heavy atom. The normalized spacial score (nSPS) is 35.2. The molecule has 24 heavy (non-hydrogen) atoms. The standard InChI is InChI=1S/C20H22F2O2/c21-19(22)18(24)16(17(23)15-4-2-1-3-5-15)20-9-12-6-13(10-20)8-14(7-12)11-20/h1-5,12-14,16,19H,6-11H2. The fourth-order valence-electron chi connectivity index (χ4n) is 6.14. The summed E-state index contributed by atoms with van der Waals surface area (Å²) in [5.74, 6) is -1.21. The molecule has 0 aromatic heterocycles. The van der Waals surface area contributed by atoms with E-state index in [1.54, 1.807) is 30.3 Å². The Labute approximate surface area is 140 Å². The Morgan fingerprint density at radius 1 is 0.917 bits per heavy atom. The Bertz CT molecular complexity index is 618. The molecule has 0 aliphatic heterocycles. The predicted octanol–water partition coefficient (Wildman–Crippen LogP) is 4.54. The quantitative estimate of drug-likeness (QED) is 0.586. The number of hydrogen-bond donors (Lipinski definition) is 0. The summed E-state index contributed by atoms with van der Waals surface area (Å²) < 4.78 is 26.7. The van der Waals surface area contributed by atoms with Crippen molar-refractivity contribution in [2.75, 3.05) is 0 Å². The lowest BCUT2D eigenvalue weighted by Crippen LogP contribution is -2.54. The number of carbonyl (C=O) groups excluding carboxylic acids is 2. The lowest BCUT2D eigenvalue weighted by molar-refractivity contribution is -0.144. The van der Waals surface area contributed by atoms with Gasteiger partial charge < -0.3 is 0 Å². The van der Waals surface area contributed by atoms with E-state index in [2.05, 4.69) is 0 Å². The van der Waals surface area contributed by atoms with Gasteiger partial charge in [0.05, 0.1) is 5.92 Å². The molecule has 1 aromatic rings. The van der Waals surface area contributed by atoms with Crippen molar-refractivity contribution in [1.82, 2.24) is 0 Å². The van der Waals surface area contributed by atoms with Crippen molar-refractivity contribution in [3.63, 3.8) is 0 Å². The molecule has 1 atom stereocenters. The second kappa shape index (κ2) is 5.75. The van der Waals surface area contributed by atoms with Gasteiger partial charge >= 0.3 is 0 Å². The highest BCUT2D eigenvalue weighted by atomic mass is 19.3. The topological polar surface area (TPSA) is 34.1 Å². The Balaban J connectivity index is 1.73. The molecule has 1 unspecified atom stereocenters. The maximum Gasteiger partial charge on any atom is 0.296 e. The third-order valence-corrected chi connectivity index (χ3v) is 6.52. The van der Waals surface area contributed by atoms with Crippen LogP contribution in [0.5, 0.6) is 0 Å². The maximum absolute atomic E-state index is 13.3. The average molecular weight is 332 g/mol. The van der Waals surface area contributed by atoms with Crippen LogP contribution in [0.4, 0.5) is 8.78 Å². The van der Waals surface area contributed by atoms with Crippen LogP contribution in [-0.4, -0.2) is 18.0 Å². The zero-order chi connectivity index (χ0) is 16.9. The first-order valence-corrected chi connectivity index (χ1v) is 8.89. The smallest absolute Gasteiger partial charge is 0.293 e. The second-order valence-corrected chi connectivity index (χ2v) is 8.15. The summed E-state index contributed by atoms with van der Waals surface area (Å²) in [5.41, 5.74) is -0.151. The van der Waals surface area contributed by atoms with Crippen LogP contribution in [0.1, 0.15) is 48.9 Å². The molecule has 0 heterocycles. The van der Waals surface area contributed by atoms with Crippen molar-refractivity contribution < 1.29 is 18.4 Å². The number of ketones is 2. The SMILES string of the molecule is O=C(c1ccccc1)C(C(=O)C(F)F)C12CC3CC(CC(C3)C1)C2. The van der Waals surface area contributed by atoms with Gasteiger partial charge in [-0.2, -0.15) is 0 Å². The Hall–Kier alpha value is -1.58. The monoisotopic (exact) mass is 332 g/mol. The largest absolute Gasteiger partial charge is 0.296 e. The lowest BCUT2D eigenvalue weighted by Gasteiger charge is -2.58. The molecular formula is C20H22F2O2. The number of benzene rings is 1. The summed E-state index contributed by atoms with van der Waals surface area (Å²) >= 11 is 0. The van der Waals surface area contributed by atoms with Crippen molar-refractivity contribution in [2.24, 2.45) is 29.1 Å². The van der Waals surface area contributed by atoms with Gasteiger partial charge in [0.25, 0.3) is 6.43 Å². The summed E-state index contributed by atoms with van der Waals surface area (Å²) in [6.07, 6.45) is 2.66. The van der Waals surface area contributed by atoms with E-state index in [9.17, 15) is 18.4 Å². The van der Waals surface area contributed by atoms with Crippen molar-refractivity contribution in [3.8, 4) is 0 Å². The van der Waals surface area contributed by atoms with E-state index >= 15 is 0 Å². The first-order valence-electron chi connectivity index (χ1n) is 8.89. The number of halogens is 2. The third-order valence-electron chi connectivity index (χ3n) is 6.52. The van der Waals surface area contributed by atoms with Crippen LogP contribution in [0.15, 0.2) is 30.3 Å². The number of hydrogen-bond acceptors (Lipinski definition) is 2. The molecule has 1 aromatic carbocycles. The van der Waals surface area contributed by atoms with E-state index in [4.69, 9.17) is 0 Å². The van der Waals surface area contributed by atoms with Crippen LogP contribution in [0.2, 0.25) is 0 Å². The first kappa shape index (κ1) is 15.9. The summed E-state index contributed by atoms with van der Waals surface area (Å²) in [4.78, 5) is 25.5. The average Bonchev–Trinajstić information content (AvgIpc) is 2.54. The van der Waals surface area contributed by atoms with E-state index < -0.39 is 29.3 Å². The molecule has 0 spiro atoms. The highest BCUT2D eigenvalue weighted by Crippen LogP contribution is 2.63. The van der Waals surface area contributed by atoms with Crippen molar-refractivity contribution in [2.45, 2.75) is 45.0 Å². The molecule has 4 heteroatoms. The molecule has 4 saturated carbocycles. The van der Waals surface area contributed by atoms with Gasteiger partial charge in [-0.25, -0.2) is 8.78 Å². The summed E-state index contributed by atoms with van der Waals surface area (Å²) in [5, 5.41) is 0. The van der Waals surface area contributed by atoms with Gasteiger partial charge in [0, 0.05) is 5.56 Å². The van der Waals surface area contributed by atoms with E-state index in [0.29, 0.717) is 23.3 Å². The molecule has 4 aliphatic carbocycles. The van der Waals surface area contributed by atoms with E-state index in [0.717, 1.165) is 38.5 Å². The zero-order valence-electron chi connectivity index (χ0n) is 13.6. The maximum atomic E-state index is 13.3. The molecule has 0 saturated heterocycles. The number of alkyl halides is 2. The van der Waals surface area contributed by atoms with Crippen LogP contribution in [0, 0.1) is 29.1 Å². The van der Waals surface area contributed by atoms with Crippen LogP contribution in [-0.2, 0) is 4.79 Å². The second-order valence-electron chi connectivity index (χ2n) is 8.15. The minimum absolute atomic E-state index is 0.382. The summed E-state index contributed by atoms with van der Waals surface area (Å²) in [7, 11) is 0. The van der Waals surface area contributed by atoms with Crippen LogP contribution in [0.3, 0.4) is 0 Å². The van der Waals surface area contributed by atoms with Gasteiger partial charge in [0.15, 0.2) is 5.78 Å². The first-order chi connectivity index (χ1) is 11.5. The van der Waals surface area contributed by atoms with Gasteiger partial charge in [-0.15, -0.1) is 0 Å². The molecule has 0 radical (unpaired) electrons. The van der Waals surface area contributed by atoms with Crippen molar-refractivity contribution in [3.05, 3.63) is 35.9 Å². The molecule has 0 N–H and O–H groups in total. The van der Waals surface area contributed by atoms with Gasteiger partial charge in [-0.3, -0.25) is 9.59 Å². The fraction of sp³-hybridized carbons (Fsp3) is 0.600. The number of Topliss-reactive ketones (excluding diaryl/α,β-unsaturated/α-hetero) is 2. The van der Waals surface area contributed by atoms with Gasteiger partial charge in [0.2, 0.25) is 5.78 Å². The van der Waals surface area contributed by atoms with E-state index in [-0.39, 0.29) is 0 Å². The van der Waals surface area contributed by atoms with Crippen LogP contribution >= 0.6 is 0 Å². The molecule has 4 bridgehead atoms. The molecule has 128 valence electrons. The fourth-order valence-corrected chi connectivity index (χ4v) is 6.14. The summed E-state index contributed by atoms with van der Waals surface area (Å²) in [6, 6.07) is 8.49. The van der Waals surface area contributed by atoms with Gasteiger partial charge in [0.1, 0.15) is 0 Å². The van der Waals surface area contributed by atoms with E-state index in [1.165, 1.54) is 0 Å². The highest BCUT2D eigenvalue weighted by Gasteiger charge is 2.58. The minimum Gasteiger partial charge on any atom is -0.293 e. The minimum atomic E-state index is -3.07. The van der Waals surface area contributed by atoms with Gasteiger partial charge in [-0.1, -0.05) is 30.3 Å². The number of rotatable bonds is 5. The van der Waals surface area contributed by atoms with Crippen LogP contribution in [0.25, 0.3) is 0 Å². The van der Waals surface area contributed by atoms with Crippen molar-refractivity contribution in [1.29, 1.82) is 0 Å². The molecule has 0 amide bonds. The van der Waals surface area contributed by atoms with Crippen molar-refractivity contribution >= 4 is 11.6 Å². The predicted molar refractivity (Wildman–Crippen MR) is 85.9 cm³/mol. The van der Waals surface area contributed by atoms with Crippen LogP contribution < -0.4 is 0 Å². The summed E-state index contributed by atoms with van der Waals surface area (Å²) in [6.45, 7) is 0. The third kappa shape index (κ3) is 2.51. The lowest BCUT2D eigenvalue weighted by atomic mass is 9.45.